The predicted molar refractivity (Wildman–Crippen MR) is 102 cm³/mol. The van der Waals surface area contributed by atoms with Gasteiger partial charge in [0.25, 0.3) is 0 Å². The molecule has 0 atom stereocenters. The van der Waals surface area contributed by atoms with E-state index in [1.54, 1.807) is 12.1 Å². The maximum Gasteiger partial charge on any atom is 4.00 e. The summed E-state index contributed by atoms with van der Waals surface area (Å²) >= 11 is 0. The van der Waals surface area contributed by atoms with E-state index in [1.807, 2.05) is 19.9 Å². The molecule has 0 heterocycles. The molecule has 3 aromatic rings. The van der Waals surface area contributed by atoms with Gasteiger partial charge in [0.2, 0.25) is 0 Å². The van der Waals surface area contributed by atoms with Crippen LogP contribution < -0.4 is 24.8 Å². The van der Waals surface area contributed by atoms with E-state index < -0.39 is 5.91 Å². The summed E-state index contributed by atoms with van der Waals surface area (Å²) in [6.07, 6.45) is 0. The number of benzene rings is 2. The van der Waals surface area contributed by atoms with Crippen molar-refractivity contribution in [1.29, 1.82) is 0 Å². The molecular weight excluding hydrogens is 548 g/mol. The van der Waals surface area contributed by atoms with Gasteiger partial charge in [-0.05, 0) is 19.4 Å². The fraction of sp³-hybridized carbons (Fsp3) is 0.200. The summed E-state index contributed by atoms with van der Waals surface area (Å²) < 4.78 is 0. The molecule has 0 aliphatic rings. The van der Waals surface area contributed by atoms with Gasteiger partial charge in [0.05, 0.1) is 5.91 Å². The summed E-state index contributed by atoms with van der Waals surface area (Å²) in [4.78, 5) is 10.6. The minimum absolute atomic E-state index is 0. The van der Waals surface area contributed by atoms with Gasteiger partial charge >= 0.3 is 25.8 Å². The third-order valence-electron chi connectivity index (χ3n) is 3.03. The van der Waals surface area contributed by atoms with Crippen molar-refractivity contribution in [3.05, 3.63) is 83.1 Å². The Bertz CT molecular complexity index is 712. The molecular formula is C20H23Cl2HfNOSi. The van der Waals surface area contributed by atoms with Crippen LogP contribution in [0.5, 0.6) is 0 Å². The average Bonchev–Trinajstić information content (AvgIpc) is 2.96. The van der Waals surface area contributed by atoms with Crippen LogP contribution in [0.25, 0.3) is 16.5 Å². The summed E-state index contributed by atoms with van der Waals surface area (Å²) in [5, 5.41) is 2.66. The van der Waals surface area contributed by atoms with Crippen LogP contribution in [0.3, 0.4) is 0 Å². The molecule has 0 saturated carbocycles. The average molecular weight is 571 g/mol. The molecule has 0 saturated heterocycles. The second kappa shape index (κ2) is 16.4. The monoisotopic (exact) mass is 571 g/mol. The van der Waals surface area contributed by atoms with Crippen molar-refractivity contribution >= 4 is 26.2 Å². The largest absolute Gasteiger partial charge is 4.00 e. The van der Waals surface area contributed by atoms with Crippen LogP contribution in [0.4, 0.5) is 0 Å². The van der Waals surface area contributed by atoms with E-state index >= 15 is 0 Å². The van der Waals surface area contributed by atoms with Crippen molar-refractivity contribution in [2.45, 2.75) is 26.9 Å². The van der Waals surface area contributed by atoms with E-state index in [0.717, 1.165) is 20.6 Å². The predicted octanol–water partition coefficient (Wildman–Crippen LogP) is -0.153. The number of nitrogens with one attached hydrogen (secondary N) is 1. The van der Waals surface area contributed by atoms with Crippen LogP contribution in [0.1, 0.15) is 21.5 Å². The van der Waals surface area contributed by atoms with Crippen molar-refractivity contribution in [1.82, 2.24) is 0 Å². The first-order valence-corrected chi connectivity index (χ1v) is 9.51. The Morgan fingerprint density at radius 1 is 0.962 bits per heavy atom. The Morgan fingerprint density at radius 2 is 1.46 bits per heavy atom. The third-order valence-corrected chi connectivity index (χ3v) is 3.03. The van der Waals surface area contributed by atoms with Crippen LogP contribution in [-0.4, -0.2) is 15.4 Å². The zero-order valence-corrected chi connectivity index (χ0v) is 21.5. The summed E-state index contributed by atoms with van der Waals surface area (Å²) in [7, 11) is 1.08. The zero-order valence-electron chi connectivity index (χ0n) is 15.4. The Balaban J connectivity index is -0.000000324. The molecule has 0 aromatic heterocycles. The van der Waals surface area contributed by atoms with Crippen LogP contribution in [0.2, 0.25) is 13.1 Å². The minimum Gasteiger partial charge on any atom is -1.00 e. The zero-order chi connectivity index (χ0) is 17.2. The molecule has 2 radical (unpaired) electrons. The first-order valence-electron chi connectivity index (χ1n) is 7.51. The summed E-state index contributed by atoms with van der Waals surface area (Å²) in [6, 6.07) is 20.1. The van der Waals surface area contributed by atoms with Gasteiger partial charge in [0.15, 0.2) is 0 Å². The maximum atomic E-state index is 10.6. The first-order chi connectivity index (χ1) is 11.0. The molecule has 3 rings (SSSR count). The number of aryl methyl sites for hydroxylation is 2. The van der Waals surface area contributed by atoms with Crippen LogP contribution in [0.15, 0.2) is 60.7 Å². The number of carbonyl (C=O) groups excluding carboxylic acids is 1. The SMILES string of the molecule is C[Si]C.Cc1cc(C)cc(C([NH-])=O)c1.[Cl-].[Cl-].[Hf+4].c1ccc2[cH-]ccc2c1. The first kappa shape index (κ1) is 29.9. The number of hydrogen-bond acceptors (Lipinski definition) is 1. The molecule has 0 unspecified atom stereocenters. The fourth-order valence-electron chi connectivity index (χ4n) is 2.18. The van der Waals surface area contributed by atoms with Crippen molar-refractivity contribution in [3.63, 3.8) is 0 Å². The molecule has 0 aliphatic heterocycles. The Hall–Kier alpha value is -0.813. The summed E-state index contributed by atoms with van der Waals surface area (Å²) in [5.41, 5.74) is 9.40. The molecule has 0 fully saturated rings. The van der Waals surface area contributed by atoms with Gasteiger partial charge in [-0.1, -0.05) is 48.5 Å². The number of halogens is 2. The van der Waals surface area contributed by atoms with Crippen molar-refractivity contribution in [3.8, 4) is 0 Å². The van der Waals surface area contributed by atoms with E-state index in [0.29, 0.717) is 5.56 Å². The molecule has 136 valence electrons. The molecule has 0 spiro atoms. The Morgan fingerprint density at radius 3 is 1.92 bits per heavy atom. The Kier molecular flexibility index (Phi) is 18.8. The summed E-state index contributed by atoms with van der Waals surface area (Å²) in [5.74, 6) is -0.614. The standard InChI is InChI=1S/C9H11NO.C9H7.C2H6Si.2ClH.Hf/c1-6-3-7(2)5-8(4-6)9(10)11;1-2-5-9-7-3-6-8(9)4-1;1-3-2;;;/h3-5H,1-2H3,(H2,10,11);1-7H;1-2H3;2*1H;/q;-1;;;;+4/p-3. The van der Waals surface area contributed by atoms with E-state index in [-0.39, 0.29) is 50.7 Å². The number of carbonyl (C=O) groups is 1. The third kappa shape index (κ3) is 11.0. The van der Waals surface area contributed by atoms with Crippen molar-refractivity contribution in [2.75, 3.05) is 0 Å². The van der Waals surface area contributed by atoms with Gasteiger partial charge < -0.3 is 35.3 Å². The van der Waals surface area contributed by atoms with Crippen LogP contribution >= 0.6 is 0 Å². The van der Waals surface area contributed by atoms with Gasteiger partial charge in [0.1, 0.15) is 0 Å². The van der Waals surface area contributed by atoms with Gasteiger partial charge in [-0.25, -0.2) is 0 Å². The fourth-order valence-corrected chi connectivity index (χ4v) is 2.18. The second-order valence-corrected chi connectivity index (χ2v) is 6.36. The van der Waals surface area contributed by atoms with E-state index in [2.05, 4.69) is 55.6 Å². The van der Waals surface area contributed by atoms with Crippen LogP contribution in [-0.2, 0) is 25.8 Å². The number of amides is 1. The van der Waals surface area contributed by atoms with Crippen molar-refractivity contribution < 1.29 is 55.5 Å². The molecule has 2 nitrogen and oxygen atoms in total. The van der Waals surface area contributed by atoms with Crippen molar-refractivity contribution in [2.24, 2.45) is 0 Å². The topological polar surface area (TPSA) is 40.9 Å². The van der Waals surface area contributed by atoms with Gasteiger partial charge in [-0.15, -0.1) is 29.7 Å². The van der Waals surface area contributed by atoms with Gasteiger partial charge in [0, 0.05) is 9.52 Å². The van der Waals surface area contributed by atoms with Crippen LogP contribution in [0, 0.1) is 13.8 Å². The Labute approximate surface area is 190 Å². The second-order valence-electron chi connectivity index (χ2n) is 5.36. The molecule has 0 bridgehead atoms. The van der Waals surface area contributed by atoms with E-state index in [4.69, 9.17) is 5.73 Å². The molecule has 26 heavy (non-hydrogen) atoms. The van der Waals surface area contributed by atoms with E-state index in [9.17, 15) is 4.79 Å². The maximum absolute atomic E-state index is 10.6. The molecule has 1 N–H and O–H groups in total. The number of rotatable bonds is 1. The van der Waals surface area contributed by atoms with E-state index in [1.165, 1.54) is 10.8 Å². The smallest absolute Gasteiger partial charge is 1.00 e. The normalized spacial score (nSPS) is 8.31. The van der Waals surface area contributed by atoms with Gasteiger partial charge in [-0.3, -0.25) is 0 Å². The van der Waals surface area contributed by atoms with Gasteiger partial charge in [-0.2, -0.15) is 17.5 Å². The quantitative estimate of drug-likeness (QED) is 0.296. The molecule has 3 aromatic carbocycles. The number of hydrogen-bond donors (Lipinski definition) is 0. The number of fused-ring (bicyclic) bond motifs is 1. The molecule has 1 amide bonds. The molecule has 0 aliphatic carbocycles. The minimum atomic E-state index is -0.614. The molecule has 6 heteroatoms. The summed E-state index contributed by atoms with van der Waals surface area (Å²) in [6.45, 7) is 8.14.